The minimum Gasteiger partial charge on any atom is -0.504 e. The summed E-state index contributed by atoms with van der Waals surface area (Å²) < 4.78 is 45.9. The maximum atomic E-state index is 14.0. The molecule has 2 aliphatic carbocycles. The van der Waals surface area contributed by atoms with Gasteiger partial charge < -0.3 is 19.8 Å². The largest absolute Gasteiger partial charge is 0.504 e. The number of aromatic hydroxyl groups is 1. The monoisotopic (exact) mass is 646 g/mol. The van der Waals surface area contributed by atoms with Crippen molar-refractivity contribution in [1.29, 1.82) is 0 Å². The van der Waals surface area contributed by atoms with Gasteiger partial charge in [0.2, 0.25) is 5.91 Å². The summed E-state index contributed by atoms with van der Waals surface area (Å²) in [5.41, 5.74) is 1.06. The van der Waals surface area contributed by atoms with E-state index in [2.05, 4.69) is 17.0 Å². The molecule has 2 fully saturated rings. The average Bonchev–Trinajstić information content (AvgIpc) is 3.40. The Morgan fingerprint density at radius 2 is 1.83 bits per heavy atom. The number of hydrogen-bond donors (Lipinski definition) is 2. The van der Waals surface area contributed by atoms with Crippen LogP contribution in [0.5, 0.6) is 11.5 Å². The van der Waals surface area contributed by atoms with Crippen LogP contribution < -0.4 is 4.74 Å². The van der Waals surface area contributed by atoms with Crippen LogP contribution >= 0.6 is 0 Å². The molecular formula is C38H41F3N2O4. The fraction of sp³-hybridized carbons (Fsp3) is 0.447. The Bertz CT molecular complexity index is 1670. The Balaban J connectivity index is 1.21. The molecule has 2 bridgehead atoms. The third kappa shape index (κ3) is 5.22. The molecular weight excluding hydrogens is 605 g/mol. The lowest BCUT2D eigenvalue weighted by molar-refractivity contribution is -0.201. The zero-order valence-electron chi connectivity index (χ0n) is 26.7. The lowest BCUT2D eigenvalue weighted by atomic mass is 9.48. The number of phenols is 1. The van der Waals surface area contributed by atoms with Crippen molar-refractivity contribution in [2.45, 2.75) is 81.3 Å². The summed E-state index contributed by atoms with van der Waals surface area (Å²) in [7, 11) is 0. The highest BCUT2D eigenvalue weighted by molar-refractivity contribution is 5.92. The predicted molar refractivity (Wildman–Crippen MR) is 173 cm³/mol. The Morgan fingerprint density at radius 1 is 1.09 bits per heavy atom. The summed E-state index contributed by atoms with van der Waals surface area (Å²) in [5, 5.41) is 24.0. The molecule has 0 radical (unpaired) electrons. The molecule has 2 N–H and O–H groups in total. The molecule has 3 aromatic rings. The van der Waals surface area contributed by atoms with E-state index < -0.39 is 28.9 Å². The van der Waals surface area contributed by atoms with Crippen LogP contribution in [0.25, 0.3) is 6.08 Å². The number of aliphatic hydroxyl groups is 1. The number of rotatable bonds is 8. The molecule has 6 nitrogen and oxygen atoms in total. The van der Waals surface area contributed by atoms with Crippen LogP contribution in [0.1, 0.15) is 60.9 Å². The first-order valence-corrected chi connectivity index (χ1v) is 16.6. The van der Waals surface area contributed by atoms with Gasteiger partial charge in [-0.05, 0) is 85.5 Å². The van der Waals surface area contributed by atoms with Gasteiger partial charge in [-0.15, -0.1) is 0 Å². The van der Waals surface area contributed by atoms with Gasteiger partial charge in [-0.1, -0.05) is 62.4 Å². The van der Waals surface area contributed by atoms with Gasteiger partial charge in [0, 0.05) is 30.8 Å². The number of likely N-dealkylation sites (tertiary alicyclic amines) is 1. The number of halogens is 3. The molecule has 4 aliphatic rings. The van der Waals surface area contributed by atoms with E-state index in [4.69, 9.17) is 4.74 Å². The van der Waals surface area contributed by atoms with Crippen molar-refractivity contribution in [2.75, 3.05) is 19.6 Å². The van der Waals surface area contributed by atoms with Crippen molar-refractivity contribution in [3.05, 3.63) is 101 Å². The van der Waals surface area contributed by atoms with Gasteiger partial charge in [-0.3, -0.25) is 9.69 Å². The van der Waals surface area contributed by atoms with E-state index in [9.17, 15) is 28.2 Å². The topological polar surface area (TPSA) is 73.2 Å². The molecule has 0 aromatic heterocycles. The van der Waals surface area contributed by atoms with Crippen LogP contribution in [0, 0.1) is 5.92 Å². The predicted octanol–water partition coefficient (Wildman–Crippen LogP) is 6.37. The first-order chi connectivity index (χ1) is 22.4. The summed E-state index contributed by atoms with van der Waals surface area (Å²) >= 11 is 0. The third-order valence-corrected chi connectivity index (χ3v) is 11.0. The molecule has 2 heterocycles. The number of phenolic OH excluding ortho intramolecular Hbond substituents is 1. The van der Waals surface area contributed by atoms with Crippen molar-refractivity contribution < 1.29 is 32.9 Å². The van der Waals surface area contributed by atoms with E-state index in [0.717, 1.165) is 42.8 Å². The molecule has 1 amide bonds. The van der Waals surface area contributed by atoms with Gasteiger partial charge in [0.05, 0.1) is 22.6 Å². The van der Waals surface area contributed by atoms with Gasteiger partial charge >= 0.3 is 6.18 Å². The van der Waals surface area contributed by atoms with Gasteiger partial charge in [-0.2, -0.15) is 13.2 Å². The summed E-state index contributed by atoms with van der Waals surface area (Å²) in [6, 6.07) is 18.2. The zero-order valence-corrected chi connectivity index (χ0v) is 26.7. The molecule has 7 rings (SSSR count). The Morgan fingerprint density at radius 3 is 2.53 bits per heavy atom. The smallest absolute Gasteiger partial charge is 0.416 e. The summed E-state index contributed by atoms with van der Waals surface area (Å²) in [6.07, 6.45) is 1.12. The molecule has 5 atom stereocenters. The molecule has 1 saturated carbocycles. The van der Waals surface area contributed by atoms with Crippen LogP contribution in [-0.2, 0) is 29.2 Å². The average molecular weight is 647 g/mol. The highest BCUT2D eigenvalue weighted by Gasteiger charge is 2.73. The first kappa shape index (κ1) is 31.8. The fourth-order valence-electron chi connectivity index (χ4n) is 8.94. The Labute approximate surface area is 273 Å². The van der Waals surface area contributed by atoms with Gasteiger partial charge in [0.25, 0.3) is 0 Å². The van der Waals surface area contributed by atoms with E-state index in [0.29, 0.717) is 43.5 Å². The molecule has 9 heteroatoms. The van der Waals surface area contributed by atoms with Crippen molar-refractivity contribution in [2.24, 2.45) is 5.92 Å². The van der Waals surface area contributed by atoms with Crippen molar-refractivity contribution in [1.82, 2.24) is 9.80 Å². The zero-order chi connectivity index (χ0) is 33.1. The lowest BCUT2D eigenvalue weighted by Crippen LogP contribution is -2.78. The van der Waals surface area contributed by atoms with Crippen LogP contribution in [-0.4, -0.2) is 69.3 Å². The van der Waals surface area contributed by atoms with Crippen molar-refractivity contribution in [3.63, 3.8) is 0 Å². The van der Waals surface area contributed by atoms with Crippen molar-refractivity contribution in [3.8, 4) is 11.5 Å². The maximum absolute atomic E-state index is 14.0. The molecule has 3 aromatic carbocycles. The van der Waals surface area contributed by atoms with Crippen LogP contribution in [0.2, 0.25) is 0 Å². The third-order valence-electron chi connectivity index (χ3n) is 11.0. The van der Waals surface area contributed by atoms with E-state index in [1.54, 1.807) is 12.1 Å². The minimum atomic E-state index is -4.43. The molecule has 1 spiro atoms. The second-order valence-electron chi connectivity index (χ2n) is 14.1. The number of alkyl halides is 3. The summed E-state index contributed by atoms with van der Waals surface area (Å²) in [6.45, 7) is 6.08. The van der Waals surface area contributed by atoms with Crippen molar-refractivity contribution >= 4 is 12.0 Å². The van der Waals surface area contributed by atoms with Crippen LogP contribution in [0.3, 0.4) is 0 Å². The van der Waals surface area contributed by atoms with E-state index in [1.807, 2.05) is 43.0 Å². The first-order valence-electron chi connectivity index (χ1n) is 16.6. The molecule has 1 saturated heterocycles. The second-order valence-corrected chi connectivity index (χ2v) is 14.1. The van der Waals surface area contributed by atoms with Gasteiger partial charge in [-0.25, -0.2) is 0 Å². The number of ether oxygens (including phenoxy) is 1. The van der Waals surface area contributed by atoms with E-state index in [1.165, 1.54) is 23.8 Å². The van der Waals surface area contributed by atoms with Gasteiger partial charge in [0.15, 0.2) is 11.5 Å². The number of hydrogen-bond acceptors (Lipinski definition) is 5. The number of benzene rings is 3. The molecule has 248 valence electrons. The SMILES string of the molecule is CC(C)CN(C(=O)/C=C/c1ccc(C(F)(F)F)cc1)C1CC[C@@]2(O)[C@H]3Cc4ccc(O)c5c4[C@@]2(CCN3CCc2ccccc2)C1O5. The van der Waals surface area contributed by atoms with Crippen LogP contribution in [0.4, 0.5) is 13.2 Å². The normalized spacial score (nSPS) is 27.9. The molecule has 2 aliphatic heterocycles. The van der Waals surface area contributed by atoms with Crippen LogP contribution in [0.15, 0.2) is 72.8 Å². The Hall–Kier alpha value is -3.82. The highest BCUT2D eigenvalue weighted by Crippen LogP contribution is 2.66. The number of amides is 1. The number of carbonyl (C=O) groups is 1. The quantitative estimate of drug-likeness (QED) is 0.278. The second kappa shape index (κ2) is 11.7. The minimum absolute atomic E-state index is 0.0440. The van der Waals surface area contributed by atoms with E-state index in [-0.39, 0.29) is 29.7 Å². The van der Waals surface area contributed by atoms with E-state index >= 15 is 0 Å². The number of carbonyl (C=O) groups excluding carboxylic acids is 1. The fourth-order valence-corrected chi connectivity index (χ4v) is 8.94. The number of piperidine rings is 1. The molecule has 2 unspecified atom stereocenters. The maximum Gasteiger partial charge on any atom is 0.416 e. The van der Waals surface area contributed by atoms with Gasteiger partial charge in [0.1, 0.15) is 6.10 Å². The number of nitrogens with zero attached hydrogens (tertiary/aromatic N) is 2. The highest BCUT2D eigenvalue weighted by atomic mass is 19.4. The lowest BCUT2D eigenvalue weighted by Gasteiger charge is -2.65. The summed E-state index contributed by atoms with van der Waals surface area (Å²) in [4.78, 5) is 18.2. The molecule has 47 heavy (non-hydrogen) atoms. The standard InChI is InChI=1S/C38H41F3N2O4/c1-24(2)23-43(32(45)15-10-26-8-12-28(13-9-26)38(39,40)41)29-16-18-37(46)31-22-27-11-14-30(44)34-33(27)36(37,35(29)47-34)19-21-42(31)20-17-25-6-4-3-5-7-25/h3-15,24,29,31,35,44,46H,16-23H2,1-2H3/b15-10+/t29?,31-,35?,36+,37-/m1/s1. The summed E-state index contributed by atoms with van der Waals surface area (Å²) in [5.74, 6) is 0.333. The Kier molecular flexibility index (Phi) is 7.91.